The zero-order valence-corrected chi connectivity index (χ0v) is 10.8. The highest BCUT2D eigenvalue weighted by atomic mass is 16.3. The number of hydrogen-bond donors (Lipinski definition) is 2. The second-order valence-electron chi connectivity index (χ2n) is 5.25. The number of hydrogen-bond acceptors (Lipinski definition) is 4. The van der Waals surface area contributed by atoms with E-state index in [-0.39, 0.29) is 6.61 Å². The third-order valence-corrected chi connectivity index (χ3v) is 3.82. The molecule has 2 heterocycles. The van der Waals surface area contributed by atoms with Crippen molar-refractivity contribution >= 4 is 16.6 Å². The van der Waals surface area contributed by atoms with Gasteiger partial charge in [-0.25, -0.2) is 0 Å². The standard InChI is InChI=1S/C15H18N2O2/c18-11-15(19)7-3-9-17(10-15)14-6-8-16-13-5-2-1-4-12(13)14/h1-2,4-6,8,18-19H,3,7,9-11H2. The molecule has 1 fully saturated rings. The molecule has 0 amide bonds. The van der Waals surface area contributed by atoms with Crippen LogP contribution in [-0.2, 0) is 0 Å². The van der Waals surface area contributed by atoms with Crippen molar-refractivity contribution in [2.24, 2.45) is 0 Å². The molecule has 0 saturated carbocycles. The van der Waals surface area contributed by atoms with Crippen molar-refractivity contribution in [1.82, 2.24) is 4.98 Å². The van der Waals surface area contributed by atoms with E-state index in [1.165, 1.54) is 0 Å². The molecule has 0 bridgehead atoms. The van der Waals surface area contributed by atoms with Crippen LogP contribution in [0, 0.1) is 0 Å². The van der Waals surface area contributed by atoms with Gasteiger partial charge in [-0.3, -0.25) is 4.98 Å². The number of fused-ring (bicyclic) bond motifs is 1. The molecule has 1 aromatic carbocycles. The van der Waals surface area contributed by atoms with Crippen LogP contribution in [0.5, 0.6) is 0 Å². The Kier molecular flexibility index (Phi) is 3.12. The molecule has 19 heavy (non-hydrogen) atoms. The van der Waals surface area contributed by atoms with Gasteiger partial charge < -0.3 is 15.1 Å². The first-order chi connectivity index (χ1) is 9.22. The minimum atomic E-state index is -0.984. The van der Waals surface area contributed by atoms with Crippen LogP contribution in [-0.4, -0.2) is 40.5 Å². The summed E-state index contributed by atoms with van der Waals surface area (Å²) in [5.74, 6) is 0. The molecule has 2 aromatic rings. The molecule has 0 aliphatic carbocycles. The van der Waals surface area contributed by atoms with Crippen LogP contribution in [0.1, 0.15) is 12.8 Å². The molecule has 1 unspecified atom stereocenters. The van der Waals surface area contributed by atoms with Gasteiger partial charge in [0, 0.05) is 30.4 Å². The molecule has 4 heteroatoms. The van der Waals surface area contributed by atoms with Gasteiger partial charge in [0.25, 0.3) is 0 Å². The Hall–Kier alpha value is -1.65. The topological polar surface area (TPSA) is 56.6 Å². The largest absolute Gasteiger partial charge is 0.393 e. The summed E-state index contributed by atoms with van der Waals surface area (Å²) < 4.78 is 0. The van der Waals surface area contributed by atoms with Gasteiger partial charge >= 0.3 is 0 Å². The maximum Gasteiger partial charge on any atom is 0.105 e. The van der Waals surface area contributed by atoms with E-state index >= 15 is 0 Å². The van der Waals surface area contributed by atoms with Gasteiger partial charge in [-0.15, -0.1) is 0 Å². The van der Waals surface area contributed by atoms with E-state index in [0.717, 1.165) is 29.6 Å². The fourth-order valence-electron chi connectivity index (χ4n) is 2.80. The Morgan fingerprint density at radius 2 is 2.11 bits per heavy atom. The third-order valence-electron chi connectivity index (χ3n) is 3.82. The Balaban J connectivity index is 2.00. The lowest BCUT2D eigenvalue weighted by Gasteiger charge is -2.39. The number of aliphatic hydroxyl groups is 2. The molecule has 0 spiro atoms. The molecule has 1 aromatic heterocycles. The van der Waals surface area contributed by atoms with Crippen LogP contribution in [0.4, 0.5) is 5.69 Å². The predicted molar refractivity (Wildman–Crippen MR) is 75.2 cm³/mol. The lowest BCUT2D eigenvalue weighted by atomic mass is 9.93. The van der Waals surface area contributed by atoms with Crippen LogP contribution >= 0.6 is 0 Å². The Morgan fingerprint density at radius 3 is 2.95 bits per heavy atom. The second kappa shape index (κ2) is 4.79. The van der Waals surface area contributed by atoms with Crippen molar-refractivity contribution in [2.45, 2.75) is 18.4 Å². The smallest absolute Gasteiger partial charge is 0.105 e. The fraction of sp³-hybridized carbons (Fsp3) is 0.400. The van der Waals surface area contributed by atoms with Crippen molar-refractivity contribution in [3.8, 4) is 0 Å². The molecule has 1 aliphatic heterocycles. The summed E-state index contributed by atoms with van der Waals surface area (Å²) in [4.78, 5) is 6.50. The van der Waals surface area contributed by atoms with Crippen LogP contribution < -0.4 is 4.90 Å². The number of rotatable bonds is 2. The number of anilines is 1. The average Bonchev–Trinajstić information content (AvgIpc) is 2.47. The third kappa shape index (κ3) is 2.29. The molecule has 1 saturated heterocycles. The van der Waals surface area contributed by atoms with E-state index in [2.05, 4.69) is 9.88 Å². The highest BCUT2D eigenvalue weighted by molar-refractivity contribution is 5.91. The lowest BCUT2D eigenvalue weighted by molar-refractivity contribution is -0.0240. The molecular weight excluding hydrogens is 240 g/mol. The molecule has 4 nitrogen and oxygen atoms in total. The van der Waals surface area contributed by atoms with Crippen molar-refractivity contribution in [1.29, 1.82) is 0 Å². The summed E-state index contributed by atoms with van der Waals surface area (Å²) >= 11 is 0. The number of piperidine rings is 1. The van der Waals surface area contributed by atoms with Crippen molar-refractivity contribution < 1.29 is 10.2 Å². The van der Waals surface area contributed by atoms with Crippen LogP contribution in [0.25, 0.3) is 10.9 Å². The summed E-state index contributed by atoms with van der Waals surface area (Å²) in [6, 6.07) is 9.98. The van der Waals surface area contributed by atoms with Gasteiger partial charge in [0.1, 0.15) is 5.60 Å². The van der Waals surface area contributed by atoms with E-state index in [9.17, 15) is 10.2 Å². The van der Waals surface area contributed by atoms with Gasteiger partial charge in [-0.05, 0) is 25.0 Å². The first kappa shape index (κ1) is 12.4. The number of benzene rings is 1. The van der Waals surface area contributed by atoms with Crippen LogP contribution in [0.15, 0.2) is 36.5 Å². The summed E-state index contributed by atoms with van der Waals surface area (Å²) in [7, 11) is 0. The number of aromatic nitrogens is 1. The number of nitrogens with zero attached hydrogens (tertiary/aromatic N) is 2. The summed E-state index contributed by atoms with van der Waals surface area (Å²) in [6.07, 6.45) is 3.33. The molecule has 2 N–H and O–H groups in total. The first-order valence-corrected chi connectivity index (χ1v) is 6.64. The normalized spacial score (nSPS) is 23.8. The Labute approximate surface area is 112 Å². The predicted octanol–water partition coefficient (Wildman–Crippen LogP) is 1.56. The molecular formula is C15H18N2O2. The summed E-state index contributed by atoms with van der Waals surface area (Å²) in [5.41, 5.74) is 1.05. The number of para-hydroxylation sites is 1. The lowest BCUT2D eigenvalue weighted by Crippen LogP contribution is -2.50. The minimum Gasteiger partial charge on any atom is -0.393 e. The molecule has 3 rings (SSSR count). The summed E-state index contributed by atoms with van der Waals surface area (Å²) in [5, 5.41) is 20.7. The van der Waals surface area contributed by atoms with Gasteiger partial charge in [-0.1, -0.05) is 18.2 Å². The van der Waals surface area contributed by atoms with Crippen LogP contribution in [0.2, 0.25) is 0 Å². The van der Waals surface area contributed by atoms with Crippen molar-refractivity contribution in [3.05, 3.63) is 36.5 Å². The quantitative estimate of drug-likeness (QED) is 0.858. The molecule has 0 radical (unpaired) electrons. The van der Waals surface area contributed by atoms with Gasteiger partial charge in [0.15, 0.2) is 0 Å². The first-order valence-electron chi connectivity index (χ1n) is 6.64. The van der Waals surface area contributed by atoms with Gasteiger partial charge in [0.05, 0.1) is 12.1 Å². The zero-order valence-electron chi connectivity index (χ0n) is 10.8. The van der Waals surface area contributed by atoms with Crippen LogP contribution in [0.3, 0.4) is 0 Å². The van der Waals surface area contributed by atoms with E-state index < -0.39 is 5.60 Å². The SMILES string of the molecule is OCC1(O)CCCN(c2ccnc3ccccc23)C1. The Morgan fingerprint density at radius 1 is 1.26 bits per heavy atom. The Bertz CT molecular complexity index is 582. The van der Waals surface area contributed by atoms with E-state index in [1.54, 1.807) is 6.20 Å². The maximum absolute atomic E-state index is 10.3. The van der Waals surface area contributed by atoms with Gasteiger partial charge in [0.2, 0.25) is 0 Å². The zero-order chi connectivity index (χ0) is 13.3. The second-order valence-corrected chi connectivity index (χ2v) is 5.25. The van der Waals surface area contributed by atoms with E-state index in [1.807, 2.05) is 30.3 Å². The van der Waals surface area contributed by atoms with E-state index in [4.69, 9.17) is 0 Å². The summed E-state index contributed by atoms with van der Waals surface area (Å²) in [6.45, 7) is 1.18. The molecule has 1 aliphatic rings. The highest BCUT2D eigenvalue weighted by Crippen LogP contribution is 2.30. The molecule has 1 atom stereocenters. The minimum absolute atomic E-state index is 0.188. The number of β-amino-alcohol motifs (C(OH)–C–C–N with tert-alkyl or cyclic N) is 1. The fourth-order valence-corrected chi connectivity index (χ4v) is 2.80. The number of pyridine rings is 1. The monoisotopic (exact) mass is 258 g/mol. The number of aliphatic hydroxyl groups excluding tert-OH is 1. The molecule has 100 valence electrons. The van der Waals surface area contributed by atoms with Gasteiger partial charge in [-0.2, -0.15) is 0 Å². The van der Waals surface area contributed by atoms with E-state index in [0.29, 0.717) is 13.0 Å². The highest BCUT2D eigenvalue weighted by Gasteiger charge is 2.33. The average molecular weight is 258 g/mol. The van der Waals surface area contributed by atoms with Crippen molar-refractivity contribution in [3.63, 3.8) is 0 Å². The van der Waals surface area contributed by atoms with Crippen molar-refractivity contribution in [2.75, 3.05) is 24.6 Å². The maximum atomic E-state index is 10.3.